The molecule has 0 aliphatic heterocycles. The molecule has 0 saturated heterocycles. The van der Waals surface area contributed by atoms with Gasteiger partial charge in [0.1, 0.15) is 17.4 Å². The number of benzene rings is 1. The summed E-state index contributed by atoms with van der Waals surface area (Å²) in [5.41, 5.74) is 0.745. The first-order valence-electron chi connectivity index (χ1n) is 6.73. The Balaban J connectivity index is 1.86. The quantitative estimate of drug-likeness (QED) is 0.868. The summed E-state index contributed by atoms with van der Waals surface area (Å²) in [4.78, 5) is 0. The highest BCUT2D eigenvalue weighted by atomic mass is 19.1. The summed E-state index contributed by atoms with van der Waals surface area (Å²) >= 11 is 0. The van der Waals surface area contributed by atoms with Gasteiger partial charge in [0.15, 0.2) is 0 Å². The van der Waals surface area contributed by atoms with Crippen LogP contribution in [0.15, 0.2) is 18.2 Å². The molecule has 1 aliphatic carbocycles. The Morgan fingerprint density at radius 2 is 2.06 bits per heavy atom. The van der Waals surface area contributed by atoms with Gasteiger partial charge in [-0.2, -0.15) is 5.26 Å². The molecule has 0 amide bonds. The fourth-order valence-electron chi connectivity index (χ4n) is 2.67. The van der Waals surface area contributed by atoms with E-state index in [1.165, 1.54) is 38.2 Å². The topological polar surface area (TPSA) is 35.8 Å². The van der Waals surface area contributed by atoms with Crippen LogP contribution in [0, 0.1) is 23.1 Å². The lowest BCUT2D eigenvalue weighted by atomic mass is 9.87. The minimum atomic E-state index is -0.444. The van der Waals surface area contributed by atoms with E-state index in [0.29, 0.717) is 5.69 Å². The third-order valence-corrected chi connectivity index (χ3v) is 3.72. The lowest BCUT2D eigenvalue weighted by Crippen LogP contribution is -2.12. The van der Waals surface area contributed by atoms with Gasteiger partial charge >= 0.3 is 0 Å². The molecule has 0 atom stereocenters. The Bertz CT molecular complexity index is 431. The molecule has 1 saturated carbocycles. The van der Waals surface area contributed by atoms with Crippen LogP contribution in [0.5, 0.6) is 0 Å². The molecule has 1 aliphatic rings. The van der Waals surface area contributed by atoms with Gasteiger partial charge < -0.3 is 5.32 Å². The van der Waals surface area contributed by atoms with Crippen LogP contribution >= 0.6 is 0 Å². The third-order valence-electron chi connectivity index (χ3n) is 3.72. The van der Waals surface area contributed by atoms with Crippen LogP contribution in [-0.4, -0.2) is 6.54 Å². The average Bonchev–Trinajstić information content (AvgIpc) is 2.40. The van der Waals surface area contributed by atoms with E-state index in [2.05, 4.69) is 5.32 Å². The van der Waals surface area contributed by atoms with Crippen molar-refractivity contribution >= 4 is 5.69 Å². The first kappa shape index (κ1) is 12.9. The monoisotopic (exact) mass is 246 g/mol. The summed E-state index contributed by atoms with van der Waals surface area (Å²) in [5.74, 6) is 0.352. The van der Waals surface area contributed by atoms with E-state index in [0.717, 1.165) is 18.9 Å². The molecule has 3 heteroatoms. The first-order valence-corrected chi connectivity index (χ1v) is 6.73. The van der Waals surface area contributed by atoms with Crippen LogP contribution in [0.2, 0.25) is 0 Å². The van der Waals surface area contributed by atoms with Crippen molar-refractivity contribution in [3.8, 4) is 6.07 Å². The lowest BCUT2D eigenvalue weighted by Gasteiger charge is -2.21. The summed E-state index contributed by atoms with van der Waals surface area (Å²) in [7, 11) is 0. The first-order chi connectivity index (χ1) is 8.81. The second-order valence-corrected chi connectivity index (χ2v) is 4.99. The standard InChI is InChI=1S/C15H19FN2/c16-14-7-4-8-15(13(14)11-17)18-10-9-12-5-2-1-3-6-12/h4,7-8,12,18H,1-3,5-6,9-10H2. The normalized spacial score (nSPS) is 16.2. The van der Waals surface area contributed by atoms with Gasteiger partial charge in [-0.25, -0.2) is 4.39 Å². The third kappa shape index (κ3) is 3.22. The number of hydrogen-bond donors (Lipinski definition) is 1. The minimum Gasteiger partial charge on any atom is -0.384 e. The highest BCUT2D eigenvalue weighted by Gasteiger charge is 2.13. The summed E-state index contributed by atoms with van der Waals surface area (Å²) < 4.78 is 13.4. The van der Waals surface area contributed by atoms with Gasteiger partial charge in [0.25, 0.3) is 0 Å². The van der Waals surface area contributed by atoms with Gasteiger partial charge in [-0.1, -0.05) is 38.2 Å². The smallest absolute Gasteiger partial charge is 0.143 e. The van der Waals surface area contributed by atoms with Crippen molar-refractivity contribution in [2.75, 3.05) is 11.9 Å². The number of nitrogens with one attached hydrogen (secondary N) is 1. The zero-order valence-electron chi connectivity index (χ0n) is 10.6. The van der Waals surface area contributed by atoms with Crippen molar-refractivity contribution in [2.45, 2.75) is 38.5 Å². The molecule has 96 valence electrons. The van der Waals surface area contributed by atoms with Gasteiger partial charge in [-0.3, -0.25) is 0 Å². The molecule has 0 radical (unpaired) electrons. The van der Waals surface area contributed by atoms with Gasteiger partial charge in [-0.05, 0) is 24.5 Å². The van der Waals surface area contributed by atoms with E-state index in [-0.39, 0.29) is 5.56 Å². The summed E-state index contributed by atoms with van der Waals surface area (Å²) in [6, 6.07) is 6.64. The Morgan fingerprint density at radius 1 is 1.28 bits per heavy atom. The number of nitrogens with zero attached hydrogens (tertiary/aromatic N) is 1. The largest absolute Gasteiger partial charge is 0.384 e. The van der Waals surface area contributed by atoms with Gasteiger partial charge in [-0.15, -0.1) is 0 Å². The molecule has 1 N–H and O–H groups in total. The molecule has 18 heavy (non-hydrogen) atoms. The minimum absolute atomic E-state index is 0.126. The molecule has 0 bridgehead atoms. The molecule has 1 aromatic carbocycles. The Kier molecular flexibility index (Phi) is 4.58. The van der Waals surface area contributed by atoms with Crippen LogP contribution in [0.4, 0.5) is 10.1 Å². The molecule has 1 aromatic rings. The predicted octanol–water partition coefficient (Wildman–Crippen LogP) is 4.08. The Hall–Kier alpha value is -1.56. The van der Waals surface area contributed by atoms with Gasteiger partial charge in [0.05, 0.1) is 5.69 Å². The number of hydrogen-bond acceptors (Lipinski definition) is 2. The second kappa shape index (κ2) is 6.39. The van der Waals surface area contributed by atoms with Crippen LogP contribution in [0.25, 0.3) is 0 Å². The number of halogens is 1. The molecule has 0 spiro atoms. The number of anilines is 1. The van der Waals surface area contributed by atoms with Gasteiger partial charge in [0, 0.05) is 6.54 Å². The maximum absolute atomic E-state index is 13.4. The van der Waals surface area contributed by atoms with Crippen molar-refractivity contribution in [2.24, 2.45) is 5.92 Å². The Labute approximate surface area is 108 Å². The maximum atomic E-state index is 13.4. The van der Waals surface area contributed by atoms with Crippen LogP contribution in [0.1, 0.15) is 44.1 Å². The average molecular weight is 246 g/mol. The highest BCUT2D eigenvalue weighted by molar-refractivity contribution is 5.57. The van der Waals surface area contributed by atoms with Crippen molar-refractivity contribution in [3.63, 3.8) is 0 Å². The lowest BCUT2D eigenvalue weighted by molar-refractivity contribution is 0.345. The van der Waals surface area contributed by atoms with E-state index in [1.54, 1.807) is 12.1 Å². The van der Waals surface area contributed by atoms with Gasteiger partial charge in [0.2, 0.25) is 0 Å². The molecule has 2 nitrogen and oxygen atoms in total. The number of rotatable bonds is 4. The molecule has 0 heterocycles. The van der Waals surface area contributed by atoms with Crippen LogP contribution in [0.3, 0.4) is 0 Å². The summed E-state index contributed by atoms with van der Waals surface area (Å²) in [6.07, 6.45) is 7.79. The SMILES string of the molecule is N#Cc1c(F)cccc1NCCC1CCCCC1. The van der Waals surface area contributed by atoms with E-state index in [9.17, 15) is 4.39 Å². The Morgan fingerprint density at radius 3 is 2.78 bits per heavy atom. The van der Waals surface area contributed by atoms with E-state index in [4.69, 9.17) is 5.26 Å². The molecule has 1 fully saturated rings. The molecule has 2 rings (SSSR count). The van der Waals surface area contributed by atoms with Crippen LogP contribution < -0.4 is 5.32 Å². The molecular formula is C15H19FN2. The predicted molar refractivity (Wildman–Crippen MR) is 70.8 cm³/mol. The van der Waals surface area contributed by atoms with E-state index in [1.807, 2.05) is 6.07 Å². The van der Waals surface area contributed by atoms with Crippen molar-refractivity contribution in [3.05, 3.63) is 29.6 Å². The van der Waals surface area contributed by atoms with Crippen molar-refractivity contribution < 1.29 is 4.39 Å². The fraction of sp³-hybridized carbons (Fsp3) is 0.533. The van der Waals surface area contributed by atoms with Crippen molar-refractivity contribution in [1.82, 2.24) is 0 Å². The zero-order chi connectivity index (χ0) is 12.8. The van der Waals surface area contributed by atoms with E-state index >= 15 is 0 Å². The fourth-order valence-corrected chi connectivity index (χ4v) is 2.67. The molecule has 0 aromatic heterocycles. The highest BCUT2D eigenvalue weighted by Crippen LogP contribution is 2.26. The zero-order valence-corrected chi connectivity index (χ0v) is 10.6. The van der Waals surface area contributed by atoms with Crippen LogP contribution in [-0.2, 0) is 0 Å². The summed E-state index contributed by atoms with van der Waals surface area (Å²) in [6.45, 7) is 0.822. The van der Waals surface area contributed by atoms with E-state index < -0.39 is 5.82 Å². The maximum Gasteiger partial charge on any atom is 0.143 e. The second-order valence-electron chi connectivity index (χ2n) is 4.99. The molecular weight excluding hydrogens is 227 g/mol. The number of nitriles is 1. The molecule has 0 unspecified atom stereocenters. The van der Waals surface area contributed by atoms with Crippen molar-refractivity contribution in [1.29, 1.82) is 5.26 Å². The summed E-state index contributed by atoms with van der Waals surface area (Å²) in [5, 5.41) is 12.1.